The molecule has 0 fully saturated rings. The first-order valence-electron chi connectivity index (χ1n) is 8.61. The molecule has 1 amide bonds. The topological polar surface area (TPSA) is 59.9 Å². The van der Waals surface area contributed by atoms with E-state index in [-0.39, 0.29) is 12.3 Å². The molecule has 0 radical (unpaired) electrons. The van der Waals surface area contributed by atoms with Crippen LogP contribution in [-0.2, 0) is 11.2 Å². The minimum atomic E-state index is -0.209. The highest BCUT2D eigenvalue weighted by molar-refractivity contribution is 7.98. The van der Waals surface area contributed by atoms with Crippen molar-refractivity contribution in [3.8, 4) is 11.5 Å². The van der Waals surface area contributed by atoms with Crippen molar-refractivity contribution >= 4 is 35.5 Å². The Morgan fingerprint density at radius 2 is 1.89 bits per heavy atom. The van der Waals surface area contributed by atoms with E-state index in [9.17, 15) is 4.79 Å². The molecule has 2 rings (SSSR count). The Morgan fingerprint density at radius 3 is 2.59 bits per heavy atom. The van der Waals surface area contributed by atoms with Gasteiger partial charge in [0.05, 0.1) is 25.8 Å². The monoisotopic (exact) mass is 406 g/mol. The molecule has 0 saturated heterocycles. The van der Waals surface area contributed by atoms with Gasteiger partial charge in [-0.3, -0.25) is 4.79 Å². The van der Waals surface area contributed by atoms with E-state index in [1.807, 2.05) is 50.4 Å². The highest BCUT2D eigenvalue weighted by Gasteiger charge is 2.08. The number of ether oxygens (including phenoxy) is 2. The number of benzene rings is 2. The van der Waals surface area contributed by atoms with Crippen LogP contribution in [0.2, 0.25) is 5.02 Å². The number of nitrogens with one attached hydrogen (secondary N) is 1. The van der Waals surface area contributed by atoms with Crippen LogP contribution in [0.5, 0.6) is 11.5 Å². The van der Waals surface area contributed by atoms with Gasteiger partial charge >= 0.3 is 0 Å². The van der Waals surface area contributed by atoms with Gasteiger partial charge in [-0.25, -0.2) is 5.43 Å². The summed E-state index contributed by atoms with van der Waals surface area (Å²) >= 11 is 7.60. The Bertz CT molecular complexity index is 812. The van der Waals surface area contributed by atoms with Crippen LogP contribution in [0.3, 0.4) is 0 Å². The summed E-state index contributed by atoms with van der Waals surface area (Å²) in [5, 5.41) is 4.64. The number of hydrogen-bond acceptors (Lipinski definition) is 5. The summed E-state index contributed by atoms with van der Waals surface area (Å²) in [6, 6.07) is 11.0. The number of carbonyl (C=O) groups excluding carboxylic acids is 1. The fourth-order valence-corrected chi connectivity index (χ4v) is 3.22. The second-order valence-electron chi connectivity index (χ2n) is 5.50. The van der Waals surface area contributed by atoms with E-state index >= 15 is 0 Å². The Kier molecular flexibility index (Phi) is 8.48. The summed E-state index contributed by atoms with van der Waals surface area (Å²) in [6.07, 6.45) is 3.75. The van der Waals surface area contributed by atoms with Gasteiger partial charge in [0.1, 0.15) is 0 Å². The highest BCUT2D eigenvalue weighted by Crippen LogP contribution is 2.28. The maximum atomic E-state index is 12.2. The number of hydrogen-bond donors (Lipinski definition) is 1. The zero-order valence-corrected chi connectivity index (χ0v) is 17.2. The lowest BCUT2D eigenvalue weighted by atomic mass is 10.1. The average molecular weight is 407 g/mol. The molecule has 27 heavy (non-hydrogen) atoms. The maximum Gasteiger partial charge on any atom is 0.244 e. The summed E-state index contributed by atoms with van der Waals surface area (Å²) in [7, 11) is 0. The zero-order valence-electron chi connectivity index (χ0n) is 15.6. The molecule has 0 aromatic heterocycles. The van der Waals surface area contributed by atoms with E-state index in [2.05, 4.69) is 10.5 Å². The molecule has 0 spiro atoms. The second-order valence-corrected chi connectivity index (χ2v) is 6.78. The molecule has 2 aromatic rings. The van der Waals surface area contributed by atoms with Gasteiger partial charge in [-0.05, 0) is 67.6 Å². The van der Waals surface area contributed by atoms with Gasteiger partial charge in [0, 0.05) is 9.92 Å². The summed E-state index contributed by atoms with van der Waals surface area (Å²) in [4.78, 5) is 13.2. The molecule has 0 aliphatic heterocycles. The van der Waals surface area contributed by atoms with Gasteiger partial charge in [-0.2, -0.15) is 5.10 Å². The molecule has 1 N–H and O–H groups in total. The molecular formula is C20H23ClN2O3S. The van der Waals surface area contributed by atoms with Crippen LogP contribution in [0.25, 0.3) is 0 Å². The number of thioether (sulfide) groups is 1. The third-order valence-corrected chi connectivity index (χ3v) is 4.64. The lowest BCUT2D eigenvalue weighted by Crippen LogP contribution is -2.20. The first-order valence-corrected chi connectivity index (χ1v) is 10.2. The summed E-state index contributed by atoms with van der Waals surface area (Å²) < 4.78 is 11.1. The van der Waals surface area contributed by atoms with E-state index in [0.29, 0.717) is 29.7 Å². The molecule has 2 aromatic carbocycles. The first-order chi connectivity index (χ1) is 13.1. The molecule has 0 saturated carbocycles. The lowest BCUT2D eigenvalue weighted by molar-refractivity contribution is -0.120. The van der Waals surface area contributed by atoms with Gasteiger partial charge in [0.15, 0.2) is 11.5 Å². The van der Waals surface area contributed by atoms with E-state index in [4.69, 9.17) is 21.1 Å². The number of amides is 1. The molecular weight excluding hydrogens is 384 g/mol. The van der Waals surface area contributed by atoms with Gasteiger partial charge in [-0.1, -0.05) is 11.6 Å². The van der Waals surface area contributed by atoms with E-state index < -0.39 is 0 Å². The fraction of sp³-hybridized carbons (Fsp3) is 0.300. The standard InChI is InChI=1S/C20H23ClN2O3S/c1-4-25-17-8-6-14(10-18(17)26-5-2)13-22-23-20(24)12-15-11-16(21)7-9-19(15)27-3/h6-11,13H,4-5,12H2,1-3H3,(H,23,24)/b22-13-. The van der Waals surface area contributed by atoms with Gasteiger partial charge in [0.25, 0.3) is 0 Å². The van der Waals surface area contributed by atoms with Crippen LogP contribution in [-0.4, -0.2) is 31.6 Å². The van der Waals surface area contributed by atoms with Crippen LogP contribution in [0.1, 0.15) is 25.0 Å². The van der Waals surface area contributed by atoms with Crippen LogP contribution in [0.15, 0.2) is 46.4 Å². The molecule has 0 bridgehead atoms. The minimum absolute atomic E-state index is 0.209. The molecule has 5 nitrogen and oxygen atoms in total. The lowest BCUT2D eigenvalue weighted by Gasteiger charge is -2.11. The fourth-order valence-electron chi connectivity index (χ4n) is 2.42. The molecule has 144 valence electrons. The van der Waals surface area contributed by atoms with Crippen LogP contribution in [0, 0.1) is 0 Å². The van der Waals surface area contributed by atoms with Crippen molar-refractivity contribution in [2.75, 3.05) is 19.5 Å². The van der Waals surface area contributed by atoms with Crippen molar-refractivity contribution < 1.29 is 14.3 Å². The van der Waals surface area contributed by atoms with Gasteiger partial charge < -0.3 is 9.47 Å². The largest absolute Gasteiger partial charge is 0.490 e. The van der Waals surface area contributed by atoms with E-state index in [1.165, 1.54) is 0 Å². The summed E-state index contributed by atoms with van der Waals surface area (Å²) in [5.74, 6) is 1.13. The molecule has 0 atom stereocenters. The Morgan fingerprint density at radius 1 is 1.15 bits per heavy atom. The van der Waals surface area contributed by atoms with Gasteiger partial charge in [0.2, 0.25) is 5.91 Å². The number of carbonyl (C=O) groups is 1. The number of nitrogens with zero attached hydrogens (tertiary/aromatic N) is 1. The van der Waals surface area contributed by atoms with Crippen molar-refractivity contribution in [2.45, 2.75) is 25.2 Å². The van der Waals surface area contributed by atoms with Crippen molar-refractivity contribution in [1.29, 1.82) is 0 Å². The van der Waals surface area contributed by atoms with Crippen LogP contribution < -0.4 is 14.9 Å². The van der Waals surface area contributed by atoms with Crippen molar-refractivity contribution in [1.82, 2.24) is 5.43 Å². The molecule has 0 aliphatic rings. The zero-order chi connectivity index (χ0) is 19.6. The third kappa shape index (κ3) is 6.48. The van der Waals surface area contributed by atoms with Crippen LogP contribution >= 0.6 is 23.4 Å². The second kappa shape index (κ2) is 10.8. The highest BCUT2D eigenvalue weighted by atomic mass is 35.5. The summed E-state index contributed by atoms with van der Waals surface area (Å²) in [5.41, 5.74) is 4.23. The molecule has 0 heterocycles. The number of halogens is 1. The Labute approximate surface area is 169 Å². The van der Waals surface area contributed by atoms with E-state index in [1.54, 1.807) is 24.0 Å². The predicted molar refractivity (Wildman–Crippen MR) is 111 cm³/mol. The Balaban J connectivity index is 2.01. The SMILES string of the molecule is CCOc1ccc(/C=N\NC(=O)Cc2cc(Cl)ccc2SC)cc1OCC. The van der Waals surface area contributed by atoms with Crippen molar-refractivity contribution in [3.63, 3.8) is 0 Å². The third-order valence-electron chi connectivity index (χ3n) is 3.56. The quantitative estimate of drug-likeness (QED) is 0.377. The summed E-state index contributed by atoms with van der Waals surface area (Å²) in [6.45, 7) is 4.93. The number of rotatable bonds is 9. The maximum absolute atomic E-state index is 12.2. The normalized spacial score (nSPS) is 10.8. The van der Waals surface area contributed by atoms with Crippen LogP contribution in [0.4, 0.5) is 0 Å². The Hall–Kier alpha value is -2.18. The molecule has 0 aliphatic carbocycles. The van der Waals surface area contributed by atoms with Gasteiger partial charge in [-0.15, -0.1) is 11.8 Å². The number of hydrazone groups is 1. The van der Waals surface area contributed by atoms with E-state index in [0.717, 1.165) is 16.0 Å². The van der Waals surface area contributed by atoms with Crippen molar-refractivity contribution in [3.05, 3.63) is 52.5 Å². The molecule has 0 unspecified atom stereocenters. The first kappa shape index (κ1) is 21.1. The average Bonchev–Trinajstić information content (AvgIpc) is 2.64. The predicted octanol–water partition coefficient (Wildman–Crippen LogP) is 4.55. The smallest absolute Gasteiger partial charge is 0.244 e. The molecule has 7 heteroatoms. The minimum Gasteiger partial charge on any atom is -0.490 e. The van der Waals surface area contributed by atoms with Crippen molar-refractivity contribution in [2.24, 2.45) is 5.10 Å².